The monoisotopic (exact) mass is 218 g/mol. The highest BCUT2D eigenvalue weighted by molar-refractivity contribution is 5.52. The van der Waals surface area contributed by atoms with Crippen LogP contribution in [-0.2, 0) is 0 Å². The number of hydrogen-bond donors (Lipinski definition) is 2. The number of hydrogen-bond acceptors (Lipinski definition) is 2. The third-order valence-corrected chi connectivity index (χ3v) is 3.03. The zero-order chi connectivity index (χ0) is 11.4. The molecule has 1 aromatic rings. The molecular formula is C14H22N2. The second-order valence-electron chi connectivity index (χ2n) is 4.90. The van der Waals surface area contributed by atoms with Crippen LogP contribution >= 0.6 is 0 Å². The van der Waals surface area contributed by atoms with Gasteiger partial charge in [0.15, 0.2) is 0 Å². The minimum atomic E-state index is 0.583. The molecule has 1 aliphatic carbocycles. The molecule has 0 aliphatic heterocycles. The molecule has 1 fully saturated rings. The smallest absolute Gasteiger partial charge is 0.0375 e. The first-order chi connectivity index (χ1) is 7.77. The van der Waals surface area contributed by atoms with E-state index in [1.165, 1.54) is 24.1 Å². The summed E-state index contributed by atoms with van der Waals surface area (Å²) in [6, 6.07) is 9.40. The molecule has 1 aromatic carbocycles. The van der Waals surface area contributed by atoms with Crippen LogP contribution in [0.25, 0.3) is 0 Å². The minimum Gasteiger partial charge on any atom is -0.384 e. The Labute approximate surface area is 98.4 Å². The van der Waals surface area contributed by atoms with E-state index in [-0.39, 0.29) is 0 Å². The molecule has 0 unspecified atom stereocenters. The van der Waals surface area contributed by atoms with E-state index in [1.54, 1.807) is 0 Å². The highest BCUT2D eigenvalue weighted by atomic mass is 15.0. The molecule has 16 heavy (non-hydrogen) atoms. The lowest BCUT2D eigenvalue weighted by atomic mass is 10.0. The van der Waals surface area contributed by atoms with E-state index in [4.69, 9.17) is 0 Å². The quantitative estimate of drug-likeness (QED) is 0.717. The molecule has 0 saturated heterocycles. The fourth-order valence-corrected chi connectivity index (χ4v) is 1.92. The molecule has 0 bridgehead atoms. The Morgan fingerprint density at radius 1 is 1.19 bits per heavy atom. The fourth-order valence-electron chi connectivity index (χ4n) is 1.92. The van der Waals surface area contributed by atoms with Crippen molar-refractivity contribution in [3.8, 4) is 0 Å². The van der Waals surface area contributed by atoms with Crippen molar-refractivity contribution in [2.75, 3.05) is 18.4 Å². The standard InChI is InChI=1S/C14H22N2/c1-11(2)13-5-3-4-6-14(13)16-10-9-15-12-7-8-12/h3-6,11-12,15-16H,7-10H2,1-2H3. The van der Waals surface area contributed by atoms with Gasteiger partial charge in [0.25, 0.3) is 0 Å². The van der Waals surface area contributed by atoms with Crippen LogP contribution in [0.15, 0.2) is 24.3 Å². The number of rotatable bonds is 6. The van der Waals surface area contributed by atoms with Crippen LogP contribution in [0.5, 0.6) is 0 Å². The van der Waals surface area contributed by atoms with E-state index in [9.17, 15) is 0 Å². The molecule has 0 spiro atoms. The average Bonchev–Trinajstić information content (AvgIpc) is 3.08. The number of nitrogens with one attached hydrogen (secondary N) is 2. The van der Waals surface area contributed by atoms with Crippen LogP contribution in [0.4, 0.5) is 5.69 Å². The SMILES string of the molecule is CC(C)c1ccccc1NCCNC1CC1. The molecule has 0 heterocycles. The minimum absolute atomic E-state index is 0.583. The summed E-state index contributed by atoms with van der Waals surface area (Å²) in [5.74, 6) is 0.583. The van der Waals surface area contributed by atoms with Crippen molar-refractivity contribution in [3.63, 3.8) is 0 Å². The molecule has 1 aliphatic rings. The van der Waals surface area contributed by atoms with Crippen LogP contribution in [0.3, 0.4) is 0 Å². The van der Waals surface area contributed by atoms with E-state index in [2.05, 4.69) is 48.7 Å². The van der Waals surface area contributed by atoms with E-state index in [0.29, 0.717) is 5.92 Å². The largest absolute Gasteiger partial charge is 0.384 e. The van der Waals surface area contributed by atoms with Crippen LogP contribution in [0.1, 0.15) is 38.2 Å². The molecule has 88 valence electrons. The Morgan fingerprint density at radius 2 is 1.94 bits per heavy atom. The summed E-state index contributed by atoms with van der Waals surface area (Å²) in [4.78, 5) is 0. The van der Waals surface area contributed by atoms with Gasteiger partial charge < -0.3 is 10.6 Å². The van der Waals surface area contributed by atoms with Crippen molar-refractivity contribution in [2.45, 2.75) is 38.6 Å². The summed E-state index contributed by atoms with van der Waals surface area (Å²) < 4.78 is 0. The molecule has 0 radical (unpaired) electrons. The Morgan fingerprint density at radius 3 is 2.62 bits per heavy atom. The van der Waals surface area contributed by atoms with Gasteiger partial charge in [-0.15, -0.1) is 0 Å². The van der Waals surface area contributed by atoms with Gasteiger partial charge in [-0.25, -0.2) is 0 Å². The van der Waals surface area contributed by atoms with Gasteiger partial charge in [0.2, 0.25) is 0 Å². The molecule has 0 atom stereocenters. The normalized spacial score (nSPS) is 15.4. The second kappa shape index (κ2) is 5.35. The summed E-state index contributed by atoms with van der Waals surface area (Å²) in [5.41, 5.74) is 2.70. The van der Waals surface area contributed by atoms with Crippen LogP contribution in [0.2, 0.25) is 0 Å². The maximum atomic E-state index is 3.52. The highest BCUT2D eigenvalue weighted by Gasteiger charge is 2.19. The zero-order valence-electron chi connectivity index (χ0n) is 10.3. The third kappa shape index (κ3) is 3.24. The van der Waals surface area contributed by atoms with Crippen LogP contribution < -0.4 is 10.6 Å². The molecule has 0 amide bonds. The van der Waals surface area contributed by atoms with E-state index >= 15 is 0 Å². The predicted molar refractivity (Wildman–Crippen MR) is 70.0 cm³/mol. The first-order valence-electron chi connectivity index (χ1n) is 6.33. The summed E-state index contributed by atoms with van der Waals surface area (Å²) in [5, 5.41) is 7.03. The van der Waals surface area contributed by atoms with Crippen molar-refractivity contribution < 1.29 is 0 Å². The molecular weight excluding hydrogens is 196 g/mol. The first-order valence-corrected chi connectivity index (χ1v) is 6.33. The topological polar surface area (TPSA) is 24.1 Å². The van der Waals surface area contributed by atoms with E-state index in [0.717, 1.165) is 19.1 Å². The number of para-hydroxylation sites is 1. The van der Waals surface area contributed by atoms with Gasteiger partial charge in [0.05, 0.1) is 0 Å². The third-order valence-electron chi connectivity index (χ3n) is 3.03. The Balaban J connectivity index is 1.82. The zero-order valence-corrected chi connectivity index (χ0v) is 10.3. The van der Waals surface area contributed by atoms with Crippen LogP contribution in [-0.4, -0.2) is 19.1 Å². The van der Waals surface area contributed by atoms with Gasteiger partial charge in [-0.05, 0) is 30.4 Å². The maximum Gasteiger partial charge on any atom is 0.0375 e. The summed E-state index contributed by atoms with van der Waals surface area (Å²) in [7, 11) is 0. The van der Waals surface area contributed by atoms with Gasteiger partial charge in [0.1, 0.15) is 0 Å². The van der Waals surface area contributed by atoms with E-state index in [1.807, 2.05) is 0 Å². The Kier molecular flexibility index (Phi) is 3.83. The summed E-state index contributed by atoms with van der Waals surface area (Å²) >= 11 is 0. The van der Waals surface area contributed by atoms with Crippen molar-refractivity contribution in [1.82, 2.24) is 5.32 Å². The lowest BCUT2D eigenvalue weighted by molar-refractivity contribution is 0.700. The molecule has 2 rings (SSSR count). The predicted octanol–water partition coefficient (Wildman–Crippen LogP) is 2.97. The molecule has 2 N–H and O–H groups in total. The van der Waals surface area contributed by atoms with Crippen molar-refractivity contribution in [1.29, 1.82) is 0 Å². The molecule has 0 aromatic heterocycles. The Bertz CT molecular complexity index is 329. The van der Waals surface area contributed by atoms with E-state index < -0.39 is 0 Å². The van der Waals surface area contributed by atoms with Crippen molar-refractivity contribution >= 4 is 5.69 Å². The lowest BCUT2D eigenvalue weighted by Crippen LogP contribution is -2.24. The summed E-state index contributed by atoms with van der Waals surface area (Å²) in [6.07, 6.45) is 2.73. The van der Waals surface area contributed by atoms with Gasteiger partial charge in [-0.2, -0.15) is 0 Å². The van der Waals surface area contributed by atoms with Crippen LogP contribution in [0, 0.1) is 0 Å². The Hall–Kier alpha value is -1.02. The van der Waals surface area contributed by atoms with Gasteiger partial charge in [0, 0.05) is 24.8 Å². The van der Waals surface area contributed by atoms with Crippen molar-refractivity contribution in [2.24, 2.45) is 0 Å². The fraction of sp³-hybridized carbons (Fsp3) is 0.571. The summed E-state index contributed by atoms with van der Waals surface area (Å²) in [6.45, 7) is 6.56. The first kappa shape index (κ1) is 11.5. The van der Waals surface area contributed by atoms with Gasteiger partial charge in [-0.1, -0.05) is 32.0 Å². The molecule has 2 nitrogen and oxygen atoms in total. The number of anilines is 1. The van der Waals surface area contributed by atoms with Gasteiger partial charge in [-0.3, -0.25) is 0 Å². The highest BCUT2D eigenvalue weighted by Crippen LogP contribution is 2.23. The lowest BCUT2D eigenvalue weighted by Gasteiger charge is -2.14. The molecule has 2 heteroatoms. The average molecular weight is 218 g/mol. The maximum absolute atomic E-state index is 3.52. The van der Waals surface area contributed by atoms with Crippen molar-refractivity contribution in [3.05, 3.63) is 29.8 Å². The number of benzene rings is 1. The van der Waals surface area contributed by atoms with Gasteiger partial charge >= 0.3 is 0 Å². The second-order valence-corrected chi connectivity index (χ2v) is 4.90. The molecule has 1 saturated carbocycles.